The van der Waals surface area contributed by atoms with E-state index in [1.807, 2.05) is 0 Å². The molecule has 76 valence electrons. The van der Waals surface area contributed by atoms with Crippen molar-refractivity contribution in [1.82, 2.24) is 0 Å². The molecule has 0 aromatic carbocycles. The molecule has 0 radical (unpaired) electrons. The Morgan fingerprint density at radius 1 is 0.545 bits per heavy atom. The Bertz CT molecular complexity index is 25.0. The number of hydrogen-bond donors (Lipinski definition) is 4. The van der Waals surface area contributed by atoms with E-state index in [9.17, 15) is 0 Å². The lowest BCUT2D eigenvalue weighted by Crippen LogP contribution is -2.33. The van der Waals surface area contributed by atoms with Crippen molar-refractivity contribution in [2.24, 2.45) is 0 Å². The van der Waals surface area contributed by atoms with Crippen LogP contribution in [0.25, 0.3) is 0 Å². The molecule has 11 heteroatoms. The van der Waals surface area contributed by atoms with Crippen LogP contribution in [0.15, 0.2) is 0 Å². The standard InChI is InChI=1S/Mg.H4O4Si.5H2O.2H/c;1-5(2,3)4;;;;;;;/h;1-4H;5*1H2;;. The predicted molar refractivity (Wildman–Crippen MR) is 41.2 cm³/mol. The van der Waals surface area contributed by atoms with Crippen molar-refractivity contribution in [3.05, 3.63) is 0 Å². The molecule has 0 saturated carbocycles. The molecule has 0 fully saturated rings. The first-order valence-corrected chi connectivity index (χ1v) is 2.68. The van der Waals surface area contributed by atoms with Gasteiger partial charge in [0.15, 0.2) is 0 Å². The molecule has 0 spiro atoms. The molecule has 0 atom stereocenters. The number of rotatable bonds is 0. The van der Waals surface area contributed by atoms with Gasteiger partial charge >= 0.3 is 32.1 Å². The van der Waals surface area contributed by atoms with E-state index in [-0.39, 0.29) is 50.4 Å². The third kappa shape index (κ3) is 2030. The van der Waals surface area contributed by atoms with Gasteiger partial charge in [0.25, 0.3) is 0 Å². The van der Waals surface area contributed by atoms with Gasteiger partial charge in [-0.3, -0.25) is 0 Å². The van der Waals surface area contributed by atoms with E-state index in [1.54, 1.807) is 0 Å². The van der Waals surface area contributed by atoms with Gasteiger partial charge in [0, 0.05) is 0 Å². The predicted octanol–water partition coefficient (Wildman–Crippen LogP) is -7.65. The first-order valence-electron chi connectivity index (χ1n) is 0.894. The summed E-state index contributed by atoms with van der Waals surface area (Å²) < 4.78 is 0. The number of hydrogen-bond acceptors (Lipinski definition) is 4. The zero-order chi connectivity index (χ0) is 4.50. The van der Waals surface area contributed by atoms with Crippen molar-refractivity contribution in [1.29, 1.82) is 0 Å². The van der Waals surface area contributed by atoms with Crippen LogP contribution in [0.3, 0.4) is 0 Å². The fraction of sp³-hybridized carbons (Fsp3) is 0. The molecule has 0 saturated heterocycles. The molecular weight excluding hydrogens is 196 g/mol. The lowest BCUT2D eigenvalue weighted by atomic mass is 15.7. The van der Waals surface area contributed by atoms with Crippen molar-refractivity contribution in [2.75, 3.05) is 0 Å². The Morgan fingerprint density at radius 3 is 0.545 bits per heavy atom. The summed E-state index contributed by atoms with van der Waals surface area (Å²) >= 11 is 0. The van der Waals surface area contributed by atoms with Crippen LogP contribution >= 0.6 is 0 Å². The zero-order valence-corrected chi connectivity index (χ0v) is 5.79. The highest BCUT2D eigenvalue weighted by Crippen LogP contribution is 1.67. The Kier molecular flexibility index (Phi) is 125. The van der Waals surface area contributed by atoms with Crippen molar-refractivity contribution in [3.8, 4) is 0 Å². The molecule has 0 heterocycles. The van der Waals surface area contributed by atoms with Gasteiger partial charge in [0.05, 0.1) is 0 Å². The fourth-order valence-corrected chi connectivity index (χ4v) is 0. The highest BCUT2D eigenvalue weighted by atomic mass is 28.4. The maximum absolute atomic E-state index is 7.33. The Balaban J connectivity index is -0.00000000533. The Hall–Kier alpha value is 0.623. The first-order chi connectivity index (χ1) is 2.00. The molecule has 0 amide bonds. The highest BCUT2D eigenvalue weighted by Gasteiger charge is 2.22. The third-order valence-corrected chi connectivity index (χ3v) is 0. The Labute approximate surface area is 79.1 Å². The van der Waals surface area contributed by atoms with Gasteiger partial charge < -0.3 is 46.6 Å². The molecule has 0 bridgehead atoms. The summed E-state index contributed by atoms with van der Waals surface area (Å²) in [6.07, 6.45) is 0. The maximum Gasteiger partial charge on any atom is 0.668 e. The lowest BCUT2D eigenvalue weighted by Gasteiger charge is -1.91. The minimum absolute atomic E-state index is 0. The quantitative estimate of drug-likeness (QED) is 0.286. The van der Waals surface area contributed by atoms with Crippen molar-refractivity contribution >= 4 is 32.1 Å². The van der Waals surface area contributed by atoms with Crippen LogP contribution in [0.1, 0.15) is 0 Å². The van der Waals surface area contributed by atoms with Gasteiger partial charge in [-0.2, -0.15) is 0 Å². The van der Waals surface area contributed by atoms with Crippen LogP contribution in [-0.2, 0) is 0 Å². The second-order valence-electron chi connectivity index (χ2n) is 0.600. The topological polar surface area (TPSA) is 238 Å². The van der Waals surface area contributed by atoms with Gasteiger partial charge in [-0.1, -0.05) is 0 Å². The Morgan fingerprint density at radius 2 is 0.545 bits per heavy atom. The second-order valence-corrected chi connectivity index (χ2v) is 1.80. The average Bonchev–Trinajstić information content (AvgIpc) is 0.722. The molecule has 0 aliphatic heterocycles. The minimum atomic E-state index is -4.61. The fourth-order valence-electron chi connectivity index (χ4n) is 0. The van der Waals surface area contributed by atoms with Crippen LogP contribution < -0.4 is 0 Å². The SMILES string of the molecule is O.O.O.O.O.O[Si](O)(O)O.[MgH2]. The molecular formula is H16MgO9Si. The second kappa shape index (κ2) is 22.4. The van der Waals surface area contributed by atoms with Gasteiger partial charge in [-0.15, -0.1) is 0 Å². The molecule has 0 rings (SSSR count). The van der Waals surface area contributed by atoms with Gasteiger partial charge in [-0.05, 0) is 0 Å². The summed E-state index contributed by atoms with van der Waals surface area (Å²) in [4.78, 5) is 29.3. The first kappa shape index (κ1) is 61.4. The van der Waals surface area contributed by atoms with Crippen LogP contribution in [-0.4, -0.2) is 78.7 Å². The van der Waals surface area contributed by atoms with Gasteiger partial charge in [0.1, 0.15) is 0 Å². The van der Waals surface area contributed by atoms with E-state index in [1.165, 1.54) is 0 Å². The van der Waals surface area contributed by atoms with Crippen molar-refractivity contribution < 1.29 is 46.6 Å². The molecule has 0 unspecified atom stereocenters. The van der Waals surface area contributed by atoms with Crippen molar-refractivity contribution in [2.45, 2.75) is 0 Å². The minimum Gasteiger partial charge on any atom is -0.412 e. The van der Waals surface area contributed by atoms with Crippen LogP contribution in [0.2, 0.25) is 0 Å². The smallest absolute Gasteiger partial charge is 0.412 e. The summed E-state index contributed by atoms with van der Waals surface area (Å²) in [6, 6.07) is 0. The average molecular weight is 213 g/mol. The van der Waals surface area contributed by atoms with E-state index in [0.29, 0.717) is 0 Å². The van der Waals surface area contributed by atoms with Crippen molar-refractivity contribution in [3.63, 3.8) is 0 Å². The van der Waals surface area contributed by atoms with Gasteiger partial charge in [-0.25, -0.2) is 0 Å². The molecule has 14 N–H and O–H groups in total. The third-order valence-electron chi connectivity index (χ3n) is 0. The monoisotopic (exact) mass is 212 g/mol. The van der Waals surface area contributed by atoms with Crippen LogP contribution in [0, 0.1) is 0 Å². The maximum atomic E-state index is 7.33. The molecule has 9 nitrogen and oxygen atoms in total. The van der Waals surface area contributed by atoms with Gasteiger partial charge in [0.2, 0.25) is 0 Å². The summed E-state index contributed by atoms with van der Waals surface area (Å²) in [5.41, 5.74) is 0. The molecule has 0 aliphatic carbocycles. The summed E-state index contributed by atoms with van der Waals surface area (Å²) in [7, 11) is -4.61. The van der Waals surface area contributed by atoms with E-state index in [4.69, 9.17) is 19.2 Å². The molecule has 0 aromatic heterocycles. The normalized spacial score (nSPS) is 5.45. The summed E-state index contributed by atoms with van der Waals surface area (Å²) in [6.45, 7) is 0. The summed E-state index contributed by atoms with van der Waals surface area (Å²) in [5, 5.41) is 0. The molecule has 0 aromatic rings. The largest absolute Gasteiger partial charge is 0.668 e. The van der Waals surface area contributed by atoms with E-state index < -0.39 is 9.05 Å². The molecule has 0 aliphatic rings. The molecule has 11 heavy (non-hydrogen) atoms. The van der Waals surface area contributed by atoms with Crippen LogP contribution in [0.4, 0.5) is 0 Å². The lowest BCUT2D eigenvalue weighted by molar-refractivity contribution is 0.117. The summed E-state index contributed by atoms with van der Waals surface area (Å²) in [5.74, 6) is 0. The van der Waals surface area contributed by atoms with Crippen LogP contribution in [0.5, 0.6) is 0 Å². The highest BCUT2D eigenvalue weighted by molar-refractivity contribution is 6.46. The zero-order valence-electron chi connectivity index (χ0n) is 4.79. The van der Waals surface area contributed by atoms with E-state index >= 15 is 0 Å². The van der Waals surface area contributed by atoms with E-state index in [2.05, 4.69) is 0 Å². The van der Waals surface area contributed by atoms with E-state index in [0.717, 1.165) is 0 Å².